The highest BCUT2D eigenvalue weighted by Gasteiger charge is 2.18. The zero-order valence-corrected chi connectivity index (χ0v) is 19.0. The lowest BCUT2D eigenvalue weighted by Crippen LogP contribution is -2.24. The van der Waals surface area contributed by atoms with Crippen LogP contribution < -0.4 is 14.2 Å². The number of rotatable bonds is 13. The molecule has 0 aliphatic heterocycles. The Morgan fingerprint density at radius 3 is 2.15 bits per heavy atom. The third kappa shape index (κ3) is 7.54. The zero-order chi connectivity index (χ0) is 23.5. The molecule has 0 aliphatic carbocycles. The van der Waals surface area contributed by atoms with Crippen molar-refractivity contribution in [3.63, 3.8) is 0 Å². The van der Waals surface area contributed by atoms with Gasteiger partial charge < -0.3 is 24.1 Å². The average Bonchev–Trinajstić information content (AvgIpc) is 2.84. The van der Waals surface area contributed by atoms with E-state index in [0.29, 0.717) is 31.1 Å². The van der Waals surface area contributed by atoms with E-state index in [1.54, 1.807) is 19.2 Å². The van der Waals surface area contributed by atoms with Gasteiger partial charge >= 0.3 is 5.97 Å². The smallest absolute Gasteiger partial charge is 0.333 e. The second kappa shape index (κ2) is 12.5. The second-order valence-corrected chi connectivity index (χ2v) is 7.61. The highest BCUT2D eigenvalue weighted by atomic mass is 16.5. The molecule has 174 valence electrons. The van der Waals surface area contributed by atoms with Gasteiger partial charge in [0.2, 0.25) is 0 Å². The van der Waals surface area contributed by atoms with E-state index in [2.05, 4.69) is 36.4 Å². The standard InChI is InChI=1S/C27H30O6/c1-30-25-18-22(19-26(31-2)27(28)29)11-14-24(25)33-16-6-15-32-23-12-9-21(10-13-23)17-20-7-4-3-5-8-20/h3-5,7-14,18,26H,6,15-17,19H2,1-2H3,(H,28,29)/t26-/m0/s1. The molecule has 1 atom stereocenters. The van der Waals surface area contributed by atoms with Crippen LogP contribution in [0.2, 0.25) is 0 Å². The van der Waals surface area contributed by atoms with E-state index in [4.69, 9.17) is 24.1 Å². The number of carbonyl (C=O) groups is 1. The molecule has 0 aromatic heterocycles. The van der Waals surface area contributed by atoms with Gasteiger partial charge in [0.15, 0.2) is 17.6 Å². The first kappa shape index (κ1) is 24.1. The molecular weight excluding hydrogens is 420 g/mol. The summed E-state index contributed by atoms with van der Waals surface area (Å²) < 4.78 is 22.0. The summed E-state index contributed by atoms with van der Waals surface area (Å²) in [6, 6.07) is 23.9. The van der Waals surface area contributed by atoms with Crippen molar-refractivity contribution in [3.05, 3.63) is 89.5 Å². The maximum Gasteiger partial charge on any atom is 0.333 e. The Balaban J connectivity index is 1.42. The van der Waals surface area contributed by atoms with E-state index in [9.17, 15) is 4.79 Å². The van der Waals surface area contributed by atoms with Crippen molar-refractivity contribution in [2.45, 2.75) is 25.4 Å². The molecule has 0 saturated heterocycles. The summed E-state index contributed by atoms with van der Waals surface area (Å²) >= 11 is 0. The van der Waals surface area contributed by atoms with Crippen molar-refractivity contribution in [2.75, 3.05) is 27.4 Å². The fourth-order valence-corrected chi connectivity index (χ4v) is 3.41. The SMILES string of the molecule is COc1cc(C[C@H](OC)C(=O)O)ccc1OCCCOc1ccc(Cc2ccccc2)cc1. The van der Waals surface area contributed by atoms with Crippen molar-refractivity contribution in [1.29, 1.82) is 0 Å². The van der Waals surface area contributed by atoms with Gasteiger partial charge in [-0.25, -0.2) is 4.79 Å². The van der Waals surface area contributed by atoms with E-state index in [1.807, 2.05) is 24.3 Å². The van der Waals surface area contributed by atoms with Crippen LogP contribution in [0.15, 0.2) is 72.8 Å². The van der Waals surface area contributed by atoms with Gasteiger partial charge in [-0.15, -0.1) is 0 Å². The van der Waals surface area contributed by atoms with Crippen molar-refractivity contribution in [3.8, 4) is 17.2 Å². The topological polar surface area (TPSA) is 74.2 Å². The number of hydrogen-bond donors (Lipinski definition) is 1. The molecule has 0 spiro atoms. The fraction of sp³-hybridized carbons (Fsp3) is 0.296. The van der Waals surface area contributed by atoms with E-state index in [1.165, 1.54) is 18.2 Å². The van der Waals surface area contributed by atoms with Crippen LogP contribution in [0, 0.1) is 0 Å². The Kier molecular flexibility index (Phi) is 9.15. The minimum absolute atomic E-state index is 0.250. The molecule has 0 radical (unpaired) electrons. The predicted octanol–water partition coefficient (Wildman–Crippen LogP) is 4.78. The molecule has 3 aromatic rings. The zero-order valence-electron chi connectivity index (χ0n) is 19.0. The Bertz CT molecular complexity index is 1000. The molecule has 3 rings (SSSR count). The van der Waals surface area contributed by atoms with Gasteiger partial charge in [-0.3, -0.25) is 0 Å². The second-order valence-electron chi connectivity index (χ2n) is 7.61. The number of carboxylic acid groups (broad SMARTS) is 1. The highest BCUT2D eigenvalue weighted by molar-refractivity contribution is 5.72. The van der Waals surface area contributed by atoms with E-state index < -0.39 is 12.1 Å². The third-order valence-corrected chi connectivity index (χ3v) is 5.20. The largest absolute Gasteiger partial charge is 0.493 e. The molecular formula is C27H30O6. The number of aliphatic carboxylic acids is 1. The van der Waals surface area contributed by atoms with Crippen LogP contribution in [0.3, 0.4) is 0 Å². The van der Waals surface area contributed by atoms with Gasteiger partial charge in [0.05, 0.1) is 20.3 Å². The van der Waals surface area contributed by atoms with E-state index in [-0.39, 0.29) is 6.42 Å². The summed E-state index contributed by atoms with van der Waals surface area (Å²) in [6.45, 7) is 1.00. The summed E-state index contributed by atoms with van der Waals surface area (Å²) in [6.07, 6.45) is 0.964. The van der Waals surface area contributed by atoms with Gasteiger partial charge in [-0.05, 0) is 47.4 Å². The molecule has 33 heavy (non-hydrogen) atoms. The van der Waals surface area contributed by atoms with E-state index >= 15 is 0 Å². The number of hydrogen-bond acceptors (Lipinski definition) is 5. The number of carboxylic acids is 1. The first-order valence-electron chi connectivity index (χ1n) is 10.9. The van der Waals surface area contributed by atoms with Gasteiger partial charge in [0.1, 0.15) is 5.75 Å². The first-order valence-corrected chi connectivity index (χ1v) is 10.9. The van der Waals surface area contributed by atoms with Gasteiger partial charge in [0, 0.05) is 20.0 Å². The summed E-state index contributed by atoms with van der Waals surface area (Å²) in [4.78, 5) is 11.2. The summed E-state index contributed by atoms with van der Waals surface area (Å²) in [7, 11) is 2.94. The molecule has 1 N–H and O–H groups in total. The first-order chi connectivity index (χ1) is 16.1. The van der Waals surface area contributed by atoms with Crippen LogP contribution in [0.1, 0.15) is 23.1 Å². The Morgan fingerprint density at radius 2 is 1.48 bits per heavy atom. The van der Waals surface area contributed by atoms with Gasteiger partial charge in [0.25, 0.3) is 0 Å². The minimum atomic E-state index is -0.998. The number of ether oxygens (including phenoxy) is 4. The van der Waals surface area contributed by atoms with Crippen LogP contribution in [0.4, 0.5) is 0 Å². The quantitative estimate of drug-likeness (QED) is 0.378. The van der Waals surface area contributed by atoms with Crippen molar-refractivity contribution < 1.29 is 28.8 Å². The summed E-state index contributed by atoms with van der Waals surface area (Å²) in [5, 5.41) is 9.15. The lowest BCUT2D eigenvalue weighted by atomic mass is 10.1. The van der Waals surface area contributed by atoms with Crippen molar-refractivity contribution in [2.24, 2.45) is 0 Å². The maximum absolute atomic E-state index is 11.2. The normalized spacial score (nSPS) is 11.6. The monoisotopic (exact) mass is 450 g/mol. The molecule has 3 aromatic carbocycles. The van der Waals surface area contributed by atoms with Crippen molar-refractivity contribution in [1.82, 2.24) is 0 Å². The number of methoxy groups -OCH3 is 2. The molecule has 0 bridgehead atoms. The fourth-order valence-electron chi connectivity index (χ4n) is 3.41. The highest BCUT2D eigenvalue weighted by Crippen LogP contribution is 2.29. The van der Waals surface area contributed by atoms with Crippen LogP contribution in [-0.4, -0.2) is 44.6 Å². The summed E-state index contributed by atoms with van der Waals surface area (Å²) in [5.41, 5.74) is 3.33. The molecule has 0 heterocycles. The molecule has 0 fully saturated rings. The van der Waals surface area contributed by atoms with Gasteiger partial charge in [-0.2, -0.15) is 0 Å². The maximum atomic E-state index is 11.2. The Hall–Kier alpha value is -3.51. The van der Waals surface area contributed by atoms with Crippen LogP contribution >= 0.6 is 0 Å². The Labute approximate surface area is 194 Å². The molecule has 6 nitrogen and oxygen atoms in total. The lowest BCUT2D eigenvalue weighted by Gasteiger charge is -2.14. The average molecular weight is 451 g/mol. The third-order valence-electron chi connectivity index (χ3n) is 5.20. The number of benzene rings is 3. The summed E-state index contributed by atoms with van der Waals surface area (Å²) in [5.74, 6) is 1.00. The predicted molar refractivity (Wildman–Crippen MR) is 126 cm³/mol. The van der Waals surface area contributed by atoms with E-state index in [0.717, 1.165) is 17.7 Å². The van der Waals surface area contributed by atoms with Crippen LogP contribution in [-0.2, 0) is 22.4 Å². The molecule has 0 saturated carbocycles. The lowest BCUT2D eigenvalue weighted by molar-refractivity contribution is -0.148. The van der Waals surface area contributed by atoms with Crippen LogP contribution in [0.5, 0.6) is 17.2 Å². The minimum Gasteiger partial charge on any atom is -0.493 e. The molecule has 6 heteroatoms. The molecule has 0 amide bonds. The molecule has 0 aliphatic rings. The van der Waals surface area contributed by atoms with Gasteiger partial charge in [-0.1, -0.05) is 48.5 Å². The Morgan fingerprint density at radius 1 is 0.818 bits per heavy atom. The van der Waals surface area contributed by atoms with Crippen LogP contribution in [0.25, 0.3) is 0 Å². The molecule has 0 unspecified atom stereocenters. The van der Waals surface area contributed by atoms with Crippen molar-refractivity contribution >= 4 is 5.97 Å².